The lowest BCUT2D eigenvalue weighted by atomic mass is 9.96. The molecule has 1 aromatic rings. The van der Waals surface area contributed by atoms with Crippen LogP contribution < -0.4 is 10.2 Å². The number of carbonyl (C=O) groups excluding carboxylic acids is 1. The van der Waals surface area contributed by atoms with Crippen molar-refractivity contribution in [3.63, 3.8) is 0 Å². The maximum Gasteiger partial charge on any atom is 0.162 e. The van der Waals surface area contributed by atoms with Gasteiger partial charge in [-0.15, -0.1) is 0 Å². The minimum Gasteiger partial charge on any atom is -0.358 e. The average molecular weight is 287 g/mol. The second-order valence-corrected chi connectivity index (χ2v) is 6.08. The lowest BCUT2D eigenvalue weighted by Gasteiger charge is -2.40. The van der Waals surface area contributed by atoms with Gasteiger partial charge in [0.05, 0.1) is 11.4 Å². The Bertz CT molecular complexity index is 511. The van der Waals surface area contributed by atoms with E-state index in [2.05, 4.69) is 47.2 Å². The first-order valence-electron chi connectivity index (χ1n) is 8.12. The molecule has 1 N–H and O–H groups in total. The van der Waals surface area contributed by atoms with Crippen LogP contribution in [0.2, 0.25) is 0 Å². The molecule has 0 aromatic heterocycles. The van der Waals surface area contributed by atoms with Crippen molar-refractivity contribution in [2.45, 2.75) is 45.3 Å². The Hall–Kier alpha value is -1.55. The Labute approximate surface area is 127 Å². The van der Waals surface area contributed by atoms with Gasteiger partial charge in [0.25, 0.3) is 0 Å². The molecule has 0 saturated heterocycles. The number of nitrogens with one attached hydrogen (secondary N) is 1. The van der Waals surface area contributed by atoms with Crippen LogP contribution in [-0.4, -0.2) is 43.0 Å². The van der Waals surface area contributed by atoms with Gasteiger partial charge in [0.15, 0.2) is 12.5 Å². The van der Waals surface area contributed by atoms with Gasteiger partial charge in [-0.2, -0.15) is 0 Å². The number of anilines is 2. The highest BCUT2D eigenvalue weighted by molar-refractivity contribution is 5.87. The van der Waals surface area contributed by atoms with Crippen LogP contribution in [-0.2, 0) is 11.2 Å². The Kier molecular flexibility index (Phi) is 4.15. The smallest absolute Gasteiger partial charge is 0.162 e. The summed E-state index contributed by atoms with van der Waals surface area (Å²) in [5, 5.41) is 3.33. The van der Waals surface area contributed by atoms with E-state index in [0.717, 1.165) is 38.0 Å². The van der Waals surface area contributed by atoms with Crippen LogP contribution in [0.5, 0.6) is 0 Å². The van der Waals surface area contributed by atoms with E-state index in [1.54, 1.807) is 0 Å². The van der Waals surface area contributed by atoms with Gasteiger partial charge >= 0.3 is 0 Å². The molecule has 2 atom stereocenters. The summed E-state index contributed by atoms with van der Waals surface area (Å²) in [7, 11) is 0. The van der Waals surface area contributed by atoms with Gasteiger partial charge in [-0.1, -0.05) is 26.0 Å². The zero-order valence-electron chi connectivity index (χ0n) is 13.0. The standard InChI is InChI=1S/C17H25N3O/c1-3-8-19(9-4-2)14-10-13-6-5-7-15-17(13)20(11-14)16(12-21)18-15/h5-7,12,14,16,18H,3-4,8-11H2,1-2H3. The number of hydrogen-bond acceptors (Lipinski definition) is 4. The minimum absolute atomic E-state index is 0.200. The molecule has 0 amide bonds. The second-order valence-electron chi connectivity index (χ2n) is 6.08. The van der Waals surface area contributed by atoms with E-state index < -0.39 is 0 Å². The number of hydrogen-bond donors (Lipinski definition) is 1. The van der Waals surface area contributed by atoms with E-state index in [-0.39, 0.29) is 6.17 Å². The fourth-order valence-electron chi connectivity index (χ4n) is 3.74. The van der Waals surface area contributed by atoms with Crippen molar-refractivity contribution in [1.82, 2.24) is 4.90 Å². The lowest BCUT2D eigenvalue weighted by molar-refractivity contribution is -0.108. The monoisotopic (exact) mass is 287 g/mol. The van der Waals surface area contributed by atoms with E-state index in [0.29, 0.717) is 6.04 Å². The molecule has 0 aliphatic carbocycles. The number of aldehydes is 1. The molecule has 0 fully saturated rings. The minimum atomic E-state index is -0.200. The van der Waals surface area contributed by atoms with Gasteiger partial charge in [-0.3, -0.25) is 9.69 Å². The number of benzene rings is 1. The first kappa shape index (κ1) is 14.4. The van der Waals surface area contributed by atoms with Gasteiger partial charge in [0.1, 0.15) is 0 Å². The summed E-state index contributed by atoms with van der Waals surface area (Å²) < 4.78 is 0. The van der Waals surface area contributed by atoms with Crippen LogP contribution in [0.4, 0.5) is 11.4 Å². The van der Waals surface area contributed by atoms with E-state index in [1.807, 2.05) is 0 Å². The Morgan fingerprint density at radius 3 is 2.76 bits per heavy atom. The summed E-state index contributed by atoms with van der Waals surface area (Å²) in [6.07, 6.45) is 4.27. The maximum absolute atomic E-state index is 11.4. The van der Waals surface area contributed by atoms with Crippen LogP contribution in [0.15, 0.2) is 18.2 Å². The van der Waals surface area contributed by atoms with Crippen molar-refractivity contribution >= 4 is 17.7 Å². The number of carbonyl (C=O) groups is 1. The predicted molar refractivity (Wildman–Crippen MR) is 86.9 cm³/mol. The van der Waals surface area contributed by atoms with Crippen LogP contribution in [0, 0.1) is 0 Å². The molecule has 2 unspecified atom stereocenters. The molecule has 0 radical (unpaired) electrons. The van der Waals surface area contributed by atoms with Crippen molar-refractivity contribution in [2.75, 3.05) is 29.9 Å². The summed E-state index contributed by atoms with van der Waals surface area (Å²) in [5.41, 5.74) is 3.73. The van der Waals surface area contributed by atoms with Gasteiger partial charge in [-0.05, 0) is 44.0 Å². The molecule has 4 nitrogen and oxygen atoms in total. The molecular formula is C17H25N3O. The highest BCUT2D eigenvalue weighted by Gasteiger charge is 2.37. The molecule has 0 saturated carbocycles. The Morgan fingerprint density at radius 2 is 2.10 bits per heavy atom. The van der Waals surface area contributed by atoms with Crippen LogP contribution >= 0.6 is 0 Å². The van der Waals surface area contributed by atoms with Gasteiger partial charge in [0.2, 0.25) is 0 Å². The molecule has 114 valence electrons. The van der Waals surface area contributed by atoms with Crippen LogP contribution in [0.3, 0.4) is 0 Å². The van der Waals surface area contributed by atoms with Crippen molar-refractivity contribution in [3.05, 3.63) is 23.8 Å². The first-order chi connectivity index (χ1) is 10.3. The maximum atomic E-state index is 11.4. The van der Waals surface area contributed by atoms with E-state index in [9.17, 15) is 4.79 Å². The molecule has 2 aliphatic heterocycles. The van der Waals surface area contributed by atoms with Crippen molar-refractivity contribution < 1.29 is 4.79 Å². The third kappa shape index (κ3) is 2.53. The second kappa shape index (κ2) is 6.06. The molecular weight excluding hydrogens is 262 g/mol. The average Bonchev–Trinajstić information content (AvgIpc) is 2.87. The Morgan fingerprint density at radius 1 is 1.33 bits per heavy atom. The molecule has 21 heavy (non-hydrogen) atoms. The van der Waals surface area contributed by atoms with Crippen molar-refractivity contribution in [3.8, 4) is 0 Å². The largest absolute Gasteiger partial charge is 0.358 e. The molecule has 0 spiro atoms. The first-order valence-corrected chi connectivity index (χ1v) is 8.12. The highest BCUT2D eigenvalue weighted by atomic mass is 16.1. The molecule has 3 rings (SSSR count). The fraction of sp³-hybridized carbons (Fsp3) is 0.588. The summed E-state index contributed by atoms with van der Waals surface area (Å²) in [4.78, 5) is 16.2. The SMILES string of the molecule is CCCN(CCC)C1Cc2cccc3c2N(C1)C(C=O)N3. The highest BCUT2D eigenvalue weighted by Crippen LogP contribution is 2.41. The molecule has 4 heteroatoms. The number of nitrogens with zero attached hydrogens (tertiary/aromatic N) is 2. The van der Waals surface area contributed by atoms with Gasteiger partial charge < -0.3 is 10.2 Å². The topological polar surface area (TPSA) is 35.6 Å². The number of rotatable bonds is 6. The molecule has 2 heterocycles. The summed E-state index contributed by atoms with van der Waals surface area (Å²) >= 11 is 0. The molecule has 2 aliphatic rings. The third-order valence-corrected chi connectivity index (χ3v) is 4.58. The van der Waals surface area contributed by atoms with Crippen LogP contribution in [0.1, 0.15) is 32.3 Å². The Balaban J connectivity index is 1.88. The number of para-hydroxylation sites is 1. The van der Waals surface area contributed by atoms with Gasteiger partial charge in [0, 0.05) is 12.6 Å². The zero-order valence-corrected chi connectivity index (χ0v) is 13.0. The molecule has 0 bridgehead atoms. The zero-order chi connectivity index (χ0) is 14.8. The normalized spacial score (nSPS) is 23.1. The lowest BCUT2D eigenvalue weighted by Crippen LogP contribution is -2.51. The van der Waals surface area contributed by atoms with Crippen molar-refractivity contribution in [1.29, 1.82) is 0 Å². The summed E-state index contributed by atoms with van der Waals surface area (Å²) in [6, 6.07) is 6.89. The quantitative estimate of drug-likeness (QED) is 0.815. The van der Waals surface area contributed by atoms with E-state index in [1.165, 1.54) is 24.1 Å². The fourth-order valence-corrected chi connectivity index (χ4v) is 3.74. The van der Waals surface area contributed by atoms with Crippen LogP contribution in [0.25, 0.3) is 0 Å². The van der Waals surface area contributed by atoms with Crippen molar-refractivity contribution in [2.24, 2.45) is 0 Å². The van der Waals surface area contributed by atoms with E-state index in [4.69, 9.17) is 0 Å². The predicted octanol–water partition coefficient (Wildman–Crippen LogP) is 2.49. The molecule has 1 aromatic carbocycles. The summed E-state index contributed by atoms with van der Waals surface area (Å²) in [5.74, 6) is 0. The van der Waals surface area contributed by atoms with E-state index >= 15 is 0 Å². The summed E-state index contributed by atoms with van der Waals surface area (Å²) in [6.45, 7) is 7.70. The third-order valence-electron chi connectivity index (χ3n) is 4.58. The van der Waals surface area contributed by atoms with Gasteiger partial charge in [-0.25, -0.2) is 0 Å².